The average molecular weight is 350 g/mol. The van der Waals surface area contributed by atoms with Crippen LogP contribution in [0.1, 0.15) is 0 Å². The Balaban J connectivity index is 2.12. The van der Waals surface area contributed by atoms with Gasteiger partial charge in [-0.15, -0.1) is 0 Å². The van der Waals surface area contributed by atoms with Gasteiger partial charge in [0, 0.05) is 10.0 Å². The lowest BCUT2D eigenvalue weighted by Gasteiger charge is -2.02. The number of anilines is 1. The minimum atomic E-state index is -0.567. The Morgan fingerprint density at radius 1 is 1.10 bits per heavy atom. The van der Waals surface area contributed by atoms with Crippen LogP contribution in [0.5, 0.6) is 0 Å². The lowest BCUT2D eigenvalue weighted by Crippen LogP contribution is -1.95. The zero-order valence-corrected chi connectivity index (χ0v) is 12.3. The Morgan fingerprint density at radius 2 is 1.90 bits per heavy atom. The number of hydrogen-bond acceptors (Lipinski definition) is 2. The van der Waals surface area contributed by atoms with Crippen molar-refractivity contribution in [1.82, 2.24) is 9.78 Å². The third kappa shape index (κ3) is 2.67. The second-order valence-electron chi connectivity index (χ2n) is 4.48. The quantitative estimate of drug-likeness (QED) is 0.754. The van der Waals surface area contributed by atoms with Gasteiger partial charge in [-0.3, -0.25) is 0 Å². The van der Waals surface area contributed by atoms with Gasteiger partial charge in [0.1, 0.15) is 17.3 Å². The largest absolute Gasteiger partial charge is 0.396 e. The maximum atomic E-state index is 13.8. The van der Waals surface area contributed by atoms with E-state index in [0.717, 1.165) is 28.4 Å². The van der Waals surface area contributed by atoms with E-state index in [1.54, 1.807) is 6.20 Å². The number of benzene rings is 2. The summed E-state index contributed by atoms with van der Waals surface area (Å²) in [6, 6.07) is 10.6. The molecular formula is C15H10BrF2N3. The van der Waals surface area contributed by atoms with Gasteiger partial charge in [-0.25, -0.2) is 13.5 Å². The number of nitrogen functional groups attached to an aromatic ring is 1. The van der Waals surface area contributed by atoms with Crippen LogP contribution >= 0.6 is 15.9 Å². The summed E-state index contributed by atoms with van der Waals surface area (Å²) in [5.74, 6) is -1.11. The van der Waals surface area contributed by atoms with Gasteiger partial charge in [-0.05, 0) is 36.4 Å². The summed E-state index contributed by atoms with van der Waals surface area (Å²) >= 11 is 3.37. The lowest BCUT2D eigenvalue weighted by atomic mass is 10.1. The molecule has 0 unspecified atom stereocenters. The second kappa shape index (κ2) is 5.29. The number of hydrogen-bond donors (Lipinski definition) is 1. The van der Waals surface area contributed by atoms with Crippen LogP contribution in [0.2, 0.25) is 0 Å². The molecule has 3 rings (SSSR count). The SMILES string of the molecule is Nc1cn(-c2cccc(Br)c2)nc1-c1cc(F)ccc1F. The second-order valence-corrected chi connectivity index (χ2v) is 5.40. The fourth-order valence-corrected chi connectivity index (χ4v) is 2.41. The molecule has 3 nitrogen and oxygen atoms in total. The van der Waals surface area contributed by atoms with Gasteiger partial charge in [0.2, 0.25) is 0 Å². The van der Waals surface area contributed by atoms with Gasteiger partial charge in [0.15, 0.2) is 0 Å². The normalized spacial score (nSPS) is 10.8. The van der Waals surface area contributed by atoms with Crippen molar-refractivity contribution in [1.29, 1.82) is 0 Å². The first-order valence-corrected chi connectivity index (χ1v) is 6.90. The molecule has 2 N–H and O–H groups in total. The minimum absolute atomic E-state index is 0.0428. The molecule has 106 valence electrons. The number of halogens is 3. The Bertz CT molecular complexity index is 814. The standard InChI is InChI=1S/C15H10BrF2N3/c16-9-2-1-3-11(6-9)21-8-14(19)15(20-21)12-7-10(17)4-5-13(12)18/h1-8H,19H2. The molecule has 0 atom stereocenters. The molecule has 0 amide bonds. The lowest BCUT2D eigenvalue weighted by molar-refractivity contribution is 0.602. The average Bonchev–Trinajstić information content (AvgIpc) is 2.83. The predicted octanol–water partition coefficient (Wildman–Crippen LogP) is 4.16. The highest BCUT2D eigenvalue weighted by Crippen LogP contribution is 2.28. The first kappa shape index (κ1) is 13.8. The van der Waals surface area contributed by atoms with E-state index in [1.807, 2.05) is 24.3 Å². The van der Waals surface area contributed by atoms with Crippen LogP contribution in [0, 0.1) is 11.6 Å². The van der Waals surface area contributed by atoms with Crippen LogP contribution in [0.25, 0.3) is 16.9 Å². The van der Waals surface area contributed by atoms with Gasteiger partial charge >= 0.3 is 0 Å². The molecule has 0 bridgehead atoms. The van der Waals surface area contributed by atoms with Crippen molar-refractivity contribution in [2.45, 2.75) is 0 Å². The molecule has 0 saturated heterocycles. The molecule has 0 saturated carbocycles. The summed E-state index contributed by atoms with van der Waals surface area (Å²) in [6.07, 6.45) is 1.57. The molecule has 1 heterocycles. The highest BCUT2D eigenvalue weighted by molar-refractivity contribution is 9.10. The topological polar surface area (TPSA) is 43.8 Å². The first-order valence-electron chi connectivity index (χ1n) is 6.11. The van der Waals surface area contributed by atoms with E-state index in [1.165, 1.54) is 4.68 Å². The fourth-order valence-electron chi connectivity index (χ4n) is 2.03. The third-order valence-corrected chi connectivity index (χ3v) is 3.49. The molecule has 3 aromatic rings. The molecule has 0 fully saturated rings. The van der Waals surface area contributed by atoms with E-state index in [2.05, 4.69) is 21.0 Å². The van der Waals surface area contributed by atoms with Crippen LogP contribution in [-0.2, 0) is 0 Å². The van der Waals surface area contributed by atoms with Crippen molar-refractivity contribution >= 4 is 21.6 Å². The van der Waals surface area contributed by atoms with E-state index in [9.17, 15) is 8.78 Å². The molecular weight excluding hydrogens is 340 g/mol. The molecule has 1 aromatic heterocycles. The molecule has 0 aliphatic heterocycles. The van der Waals surface area contributed by atoms with Crippen molar-refractivity contribution in [3.05, 3.63) is 64.8 Å². The van der Waals surface area contributed by atoms with E-state index < -0.39 is 11.6 Å². The number of aromatic nitrogens is 2. The van der Waals surface area contributed by atoms with E-state index >= 15 is 0 Å². The molecule has 0 spiro atoms. The Kier molecular flexibility index (Phi) is 3.47. The number of nitrogens with two attached hydrogens (primary N) is 1. The smallest absolute Gasteiger partial charge is 0.132 e. The Morgan fingerprint density at radius 3 is 2.67 bits per heavy atom. The molecule has 6 heteroatoms. The highest BCUT2D eigenvalue weighted by Gasteiger charge is 2.14. The number of nitrogens with zero attached hydrogens (tertiary/aromatic N) is 2. The summed E-state index contributed by atoms with van der Waals surface area (Å²) < 4.78 is 29.5. The Hall–Kier alpha value is -2.21. The summed E-state index contributed by atoms with van der Waals surface area (Å²) in [5, 5.41) is 4.26. The van der Waals surface area contributed by atoms with E-state index in [4.69, 9.17) is 5.73 Å². The molecule has 0 radical (unpaired) electrons. The molecule has 21 heavy (non-hydrogen) atoms. The van der Waals surface area contributed by atoms with Gasteiger partial charge in [0.25, 0.3) is 0 Å². The van der Waals surface area contributed by atoms with Crippen molar-refractivity contribution in [3.63, 3.8) is 0 Å². The van der Waals surface area contributed by atoms with Gasteiger partial charge in [-0.1, -0.05) is 22.0 Å². The monoisotopic (exact) mass is 349 g/mol. The maximum Gasteiger partial charge on any atom is 0.132 e. The van der Waals surface area contributed by atoms with Crippen molar-refractivity contribution in [2.75, 3.05) is 5.73 Å². The summed E-state index contributed by atoms with van der Waals surface area (Å²) in [4.78, 5) is 0. The van der Waals surface area contributed by atoms with Crippen molar-refractivity contribution in [3.8, 4) is 16.9 Å². The highest BCUT2D eigenvalue weighted by atomic mass is 79.9. The molecule has 0 aliphatic rings. The number of rotatable bonds is 2. The van der Waals surface area contributed by atoms with Gasteiger partial charge in [0.05, 0.1) is 17.6 Å². The van der Waals surface area contributed by atoms with Crippen LogP contribution in [0.15, 0.2) is 53.1 Å². The summed E-state index contributed by atoms with van der Waals surface area (Å²) in [7, 11) is 0. The van der Waals surface area contributed by atoms with Crippen molar-refractivity contribution in [2.24, 2.45) is 0 Å². The molecule has 2 aromatic carbocycles. The van der Waals surface area contributed by atoms with Crippen molar-refractivity contribution < 1.29 is 8.78 Å². The van der Waals surface area contributed by atoms with Gasteiger partial charge < -0.3 is 5.73 Å². The third-order valence-electron chi connectivity index (χ3n) is 3.00. The minimum Gasteiger partial charge on any atom is -0.396 e. The zero-order valence-electron chi connectivity index (χ0n) is 10.7. The Labute approximate surface area is 128 Å². The summed E-state index contributed by atoms with van der Waals surface area (Å²) in [6.45, 7) is 0. The maximum absolute atomic E-state index is 13.8. The van der Waals surface area contributed by atoms with Crippen LogP contribution < -0.4 is 5.73 Å². The van der Waals surface area contributed by atoms with E-state index in [-0.39, 0.29) is 16.9 Å². The molecule has 0 aliphatic carbocycles. The zero-order chi connectivity index (χ0) is 15.0. The van der Waals surface area contributed by atoms with Crippen LogP contribution in [0.4, 0.5) is 14.5 Å². The van der Waals surface area contributed by atoms with E-state index in [0.29, 0.717) is 0 Å². The fraction of sp³-hybridized carbons (Fsp3) is 0. The van der Waals surface area contributed by atoms with Crippen LogP contribution in [0.3, 0.4) is 0 Å². The van der Waals surface area contributed by atoms with Crippen LogP contribution in [-0.4, -0.2) is 9.78 Å². The predicted molar refractivity (Wildman–Crippen MR) is 81.0 cm³/mol. The summed E-state index contributed by atoms with van der Waals surface area (Å²) in [5.41, 5.74) is 7.18. The first-order chi connectivity index (χ1) is 10.0. The van der Waals surface area contributed by atoms with Gasteiger partial charge in [-0.2, -0.15) is 5.10 Å².